The van der Waals surface area contributed by atoms with Crippen molar-refractivity contribution < 1.29 is 22.7 Å². The summed E-state index contributed by atoms with van der Waals surface area (Å²) in [6, 6.07) is 5.03. The van der Waals surface area contributed by atoms with Crippen LogP contribution in [0, 0.1) is 5.92 Å². The van der Waals surface area contributed by atoms with Gasteiger partial charge in [0, 0.05) is 24.1 Å². The van der Waals surface area contributed by atoms with Crippen LogP contribution in [0.25, 0.3) is 0 Å². The first-order chi connectivity index (χ1) is 9.53. The van der Waals surface area contributed by atoms with Gasteiger partial charge in [0.05, 0.1) is 17.5 Å². The molecule has 3 heterocycles. The molecular weight excluding hydrogens is 282 g/mol. The average molecular weight is 295 g/mol. The van der Waals surface area contributed by atoms with E-state index < -0.39 is 9.84 Å². The number of fused-ring (bicyclic) bond motifs is 2. The van der Waals surface area contributed by atoms with Gasteiger partial charge in [-0.25, -0.2) is 8.42 Å². The number of amides is 1. The fourth-order valence-electron chi connectivity index (χ4n) is 3.26. The molecule has 0 saturated carbocycles. The molecule has 2 atom stereocenters. The molecule has 106 valence electrons. The highest BCUT2D eigenvalue weighted by Crippen LogP contribution is 2.41. The number of hydrogen-bond acceptors (Lipinski definition) is 5. The van der Waals surface area contributed by atoms with Crippen LogP contribution in [-0.4, -0.2) is 38.7 Å². The second-order valence-corrected chi connectivity index (χ2v) is 7.56. The van der Waals surface area contributed by atoms with Crippen LogP contribution in [0.1, 0.15) is 6.42 Å². The monoisotopic (exact) mass is 295 g/mol. The number of ether oxygens (including phenoxy) is 2. The number of nitrogens with zero attached hydrogens (tertiary/aromatic N) is 1. The molecule has 6 nitrogen and oxygen atoms in total. The molecule has 3 aliphatic rings. The summed E-state index contributed by atoms with van der Waals surface area (Å²) in [5, 5.41) is 0. The van der Waals surface area contributed by atoms with Crippen LogP contribution in [0.3, 0.4) is 0 Å². The van der Waals surface area contributed by atoms with Crippen LogP contribution in [0.15, 0.2) is 18.2 Å². The number of hydrogen-bond donors (Lipinski definition) is 0. The van der Waals surface area contributed by atoms with Crippen molar-refractivity contribution in [1.82, 2.24) is 0 Å². The van der Waals surface area contributed by atoms with Gasteiger partial charge in [-0.15, -0.1) is 0 Å². The predicted octanol–water partition coefficient (Wildman–Crippen LogP) is 0.565. The lowest BCUT2D eigenvalue weighted by atomic mass is 10.0. The number of anilines is 1. The SMILES string of the molecule is O=C1C[C@@H]2CS(=O)(=O)C[C@H]2N1c1ccc2c(c1)OCO2. The van der Waals surface area contributed by atoms with Gasteiger partial charge in [-0.2, -0.15) is 0 Å². The molecule has 7 heteroatoms. The minimum Gasteiger partial charge on any atom is -0.454 e. The Labute approximate surface area is 116 Å². The van der Waals surface area contributed by atoms with Crippen LogP contribution in [-0.2, 0) is 14.6 Å². The largest absolute Gasteiger partial charge is 0.454 e. The van der Waals surface area contributed by atoms with Crippen molar-refractivity contribution in [2.45, 2.75) is 12.5 Å². The molecule has 0 bridgehead atoms. The van der Waals surface area contributed by atoms with Crippen molar-refractivity contribution in [3.63, 3.8) is 0 Å². The summed E-state index contributed by atoms with van der Waals surface area (Å²) in [6.45, 7) is 0.174. The Balaban J connectivity index is 1.72. The van der Waals surface area contributed by atoms with Gasteiger partial charge in [-0.05, 0) is 12.1 Å². The highest BCUT2D eigenvalue weighted by molar-refractivity contribution is 7.91. The van der Waals surface area contributed by atoms with Gasteiger partial charge in [0.2, 0.25) is 12.7 Å². The molecular formula is C13H13NO5S. The summed E-state index contributed by atoms with van der Waals surface area (Å²) in [7, 11) is -3.03. The fraction of sp³-hybridized carbons (Fsp3) is 0.462. The van der Waals surface area contributed by atoms with Gasteiger partial charge < -0.3 is 14.4 Å². The molecule has 2 fully saturated rings. The van der Waals surface area contributed by atoms with Crippen molar-refractivity contribution in [3.8, 4) is 11.5 Å². The quantitative estimate of drug-likeness (QED) is 0.757. The average Bonchev–Trinajstić information content (AvgIpc) is 3.00. The fourth-order valence-corrected chi connectivity index (χ4v) is 5.33. The second-order valence-electron chi connectivity index (χ2n) is 5.41. The minimum absolute atomic E-state index is 0.0197. The molecule has 0 spiro atoms. The normalized spacial score (nSPS) is 29.8. The minimum atomic E-state index is -3.03. The number of sulfone groups is 1. The molecule has 4 rings (SSSR count). The molecule has 3 aliphatic heterocycles. The number of carbonyl (C=O) groups is 1. The second kappa shape index (κ2) is 3.88. The first-order valence-electron chi connectivity index (χ1n) is 6.46. The lowest BCUT2D eigenvalue weighted by Gasteiger charge is -2.23. The third kappa shape index (κ3) is 1.69. The van der Waals surface area contributed by atoms with E-state index in [0.717, 1.165) is 0 Å². The Kier molecular flexibility index (Phi) is 2.33. The van der Waals surface area contributed by atoms with Gasteiger partial charge in [-0.1, -0.05) is 0 Å². The molecule has 0 radical (unpaired) electrons. The van der Waals surface area contributed by atoms with Crippen molar-refractivity contribution >= 4 is 21.4 Å². The van der Waals surface area contributed by atoms with E-state index in [-0.39, 0.29) is 36.2 Å². The Morgan fingerprint density at radius 2 is 1.95 bits per heavy atom. The van der Waals surface area contributed by atoms with E-state index in [2.05, 4.69) is 0 Å². The van der Waals surface area contributed by atoms with E-state index in [4.69, 9.17) is 9.47 Å². The van der Waals surface area contributed by atoms with Gasteiger partial charge in [0.1, 0.15) is 0 Å². The van der Waals surface area contributed by atoms with Crippen LogP contribution >= 0.6 is 0 Å². The Morgan fingerprint density at radius 3 is 2.80 bits per heavy atom. The van der Waals surface area contributed by atoms with Gasteiger partial charge in [0.15, 0.2) is 21.3 Å². The van der Waals surface area contributed by atoms with Crippen molar-refractivity contribution in [2.75, 3.05) is 23.2 Å². The molecule has 20 heavy (non-hydrogen) atoms. The zero-order valence-electron chi connectivity index (χ0n) is 10.6. The summed E-state index contributed by atoms with van der Waals surface area (Å²) < 4.78 is 34.0. The molecule has 0 unspecified atom stereocenters. The molecule has 0 N–H and O–H groups in total. The zero-order valence-corrected chi connectivity index (χ0v) is 11.4. The van der Waals surface area contributed by atoms with Crippen molar-refractivity contribution in [3.05, 3.63) is 18.2 Å². The van der Waals surface area contributed by atoms with Crippen LogP contribution in [0.5, 0.6) is 11.5 Å². The molecule has 1 aromatic carbocycles. The van der Waals surface area contributed by atoms with Crippen LogP contribution in [0.2, 0.25) is 0 Å². The van der Waals surface area contributed by atoms with E-state index >= 15 is 0 Å². The van der Waals surface area contributed by atoms with Crippen molar-refractivity contribution in [2.24, 2.45) is 5.92 Å². The zero-order chi connectivity index (χ0) is 13.9. The Hall–Kier alpha value is -1.76. The summed E-state index contributed by atoms with van der Waals surface area (Å²) >= 11 is 0. The summed E-state index contributed by atoms with van der Waals surface area (Å²) in [6.07, 6.45) is 0.304. The van der Waals surface area contributed by atoms with Crippen molar-refractivity contribution in [1.29, 1.82) is 0 Å². The smallest absolute Gasteiger partial charge is 0.231 e. The number of carbonyl (C=O) groups excluding carboxylic acids is 1. The topological polar surface area (TPSA) is 72.9 Å². The molecule has 1 amide bonds. The van der Waals surface area contributed by atoms with E-state index in [9.17, 15) is 13.2 Å². The third-order valence-corrected chi connectivity index (χ3v) is 5.89. The number of rotatable bonds is 1. The molecule has 2 saturated heterocycles. The maximum absolute atomic E-state index is 12.2. The third-order valence-electron chi connectivity index (χ3n) is 4.11. The Bertz CT molecular complexity index is 699. The summed E-state index contributed by atoms with van der Waals surface area (Å²) in [5.74, 6) is 1.31. The lowest BCUT2D eigenvalue weighted by molar-refractivity contribution is -0.117. The van der Waals surface area contributed by atoms with Gasteiger partial charge in [0.25, 0.3) is 0 Å². The molecule has 1 aromatic rings. The van der Waals surface area contributed by atoms with Gasteiger partial charge >= 0.3 is 0 Å². The van der Waals surface area contributed by atoms with Gasteiger partial charge in [-0.3, -0.25) is 4.79 Å². The highest BCUT2D eigenvalue weighted by atomic mass is 32.2. The lowest BCUT2D eigenvalue weighted by Crippen LogP contribution is -2.36. The maximum Gasteiger partial charge on any atom is 0.231 e. The van der Waals surface area contributed by atoms with E-state index in [1.807, 2.05) is 0 Å². The predicted molar refractivity (Wildman–Crippen MR) is 70.6 cm³/mol. The van der Waals surface area contributed by atoms with Crippen LogP contribution < -0.4 is 14.4 Å². The summed E-state index contributed by atoms with van der Waals surface area (Å²) in [5.41, 5.74) is 0.684. The molecule has 0 aromatic heterocycles. The highest BCUT2D eigenvalue weighted by Gasteiger charge is 2.49. The summed E-state index contributed by atoms with van der Waals surface area (Å²) in [4.78, 5) is 13.8. The maximum atomic E-state index is 12.2. The first-order valence-corrected chi connectivity index (χ1v) is 8.28. The van der Waals surface area contributed by atoms with E-state index in [1.54, 1.807) is 23.1 Å². The molecule has 0 aliphatic carbocycles. The van der Waals surface area contributed by atoms with E-state index in [1.165, 1.54) is 0 Å². The Morgan fingerprint density at radius 1 is 1.15 bits per heavy atom. The standard InChI is InChI=1S/C13H13NO5S/c15-13-3-8-5-20(16,17)6-10(8)14(13)9-1-2-11-12(4-9)19-7-18-11/h1-2,4,8,10H,3,5-7H2/t8-,10-/m1/s1. The van der Waals surface area contributed by atoms with E-state index in [0.29, 0.717) is 23.6 Å². The number of benzene rings is 1. The first kappa shape index (κ1) is 12.0. The van der Waals surface area contributed by atoms with Crippen LogP contribution in [0.4, 0.5) is 5.69 Å².